The van der Waals surface area contributed by atoms with E-state index in [1.165, 1.54) is 32.1 Å². The van der Waals surface area contributed by atoms with Gasteiger partial charge in [0.1, 0.15) is 5.78 Å². The molecule has 0 atom stereocenters. The van der Waals surface area contributed by atoms with Gasteiger partial charge >= 0.3 is 0 Å². The Morgan fingerprint density at radius 1 is 0.789 bits per heavy atom. The van der Waals surface area contributed by atoms with Crippen LogP contribution in [-0.4, -0.2) is 19.4 Å². The van der Waals surface area contributed by atoms with Gasteiger partial charge in [0.2, 0.25) is 0 Å². The molecule has 0 unspecified atom stereocenters. The van der Waals surface area contributed by atoms with Gasteiger partial charge in [-0.15, -0.1) is 0 Å². The molecule has 3 nitrogen and oxygen atoms in total. The van der Waals surface area contributed by atoms with E-state index in [9.17, 15) is 4.79 Å². The summed E-state index contributed by atoms with van der Waals surface area (Å²) >= 11 is 0. The molecule has 0 aromatic carbocycles. The van der Waals surface area contributed by atoms with Gasteiger partial charge in [-0.3, -0.25) is 18.4 Å². The van der Waals surface area contributed by atoms with Crippen molar-refractivity contribution in [2.24, 2.45) is 0 Å². The van der Waals surface area contributed by atoms with Crippen LogP contribution in [0.2, 0.25) is 0 Å². The van der Waals surface area contributed by atoms with Crippen molar-refractivity contribution in [2.45, 2.75) is 66.2 Å². The third kappa shape index (κ3) is 57.6. The van der Waals surface area contributed by atoms with Gasteiger partial charge < -0.3 is 24.4 Å². The molecule has 0 spiro atoms. The molecule has 1 rings (SSSR count). The molecule has 1 aliphatic carbocycles. The zero-order chi connectivity index (χ0) is 12.5. The normalized spacial score (nSPS) is 9.37. The van der Waals surface area contributed by atoms with Gasteiger partial charge in [0.05, 0.1) is 0 Å². The van der Waals surface area contributed by atoms with Crippen LogP contribution >= 0.6 is 0 Å². The molecule has 0 amide bonds. The van der Waals surface area contributed by atoms with Gasteiger partial charge in [-0.25, -0.2) is 0 Å². The summed E-state index contributed by atoms with van der Waals surface area (Å²) in [5.74, 6) is 0.343. The van der Waals surface area contributed by atoms with E-state index in [2.05, 4.69) is 13.6 Å². The Balaban J connectivity index is -0.0000000206. The van der Waals surface area contributed by atoms with Crippen molar-refractivity contribution in [1.82, 2.24) is 0 Å². The Morgan fingerprint density at radius 2 is 0.947 bits per heavy atom. The first kappa shape index (κ1) is 42.8. The molecule has 0 aromatic rings. The minimum Gasteiger partial charge on any atom is -0.545 e. The maximum atomic E-state index is 10.2. The van der Waals surface area contributed by atoms with E-state index in [0.717, 1.165) is 0 Å². The molecule has 4 heteroatoms. The fourth-order valence-corrected chi connectivity index (χ4v) is 1.13. The van der Waals surface area contributed by atoms with Crippen LogP contribution < -0.4 is 0 Å². The molecule has 1 fully saturated rings. The number of ketones is 1. The van der Waals surface area contributed by atoms with E-state index >= 15 is 0 Å². The van der Waals surface area contributed by atoms with Gasteiger partial charge in [-0.2, -0.15) is 0 Å². The van der Waals surface area contributed by atoms with Crippen molar-refractivity contribution in [3.05, 3.63) is 14.9 Å². The number of hydrogen-bond acceptors (Lipinski definition) is 3. The van der Waals surface area contributed by atoms with Crippen LogP contribution in [0.5, 0.6) is 0 Å². The van der Waals surface area contributed by atoms with Crippen LogP contribution in [0, 0.1) is 14.9 Å². The van der Waals surface area contributed by atoms with E-state index in [1.807, 2.05) is 13.8 Å². The van der Waals surface area contributed by atoms with Crippen LogP contribution in [0.3, 0.4) is 0 Å². The average Bonchev–Trinajstić information content (AvgIpc) is 2.92. The van der Waals surface area contributed by atoms with Crippen LogP contribution in [0.4, 0.5) is 0 Å². The molecular weight excluding hydrogens is 412 g/mol. The number of Topliss-reactive ketones (excluding diaryl/α,β-unsaturated/α-hetero) is 1. The Labute approximate surface area is 136 Å². The minimum atomic E-state index is 0. The minimum absolute atomic E-state index is 0. The van der Waals surface area contributed by atoms with Gasteiger partial charge in [-0.05, 0) is 0 Å². The fourth-order valence-electron chi connectivity index (χ4n) is 1.13. The summed E-state index contributed by atoms with van der Waals surface area (Å²) in [7, 11) is 0. The fraction of sp³-hybridized carbons (Fsp3) is 0.667. The summed E-state index contributed by atoms with van der Waals surface area (Å²) in [6.07, 6.45) is 8.88. The second kappa shape index (κ2) is 52.5. The molecule has 0 saturated heterocycles. The Kier molecular flexibility index (Phi) is 118. The molecular formula is C15H32O3W-4. The zero-order valence-electron chi connectivity index (χ0n) is 12.2. The smallest absolute Gasteiger partial charge is 0.132 e. The third-order valence-corrected chi connectivity index (χ3v) is 2.04. The molecule has 0 heterocycles. The van der Waals surface area contributed by atoms with Crippen LogP contribution in [0.15, 0.2) is 0 Å². The van der Waals surface area contributed by atoms with Crippen molar-refractivity contribution < 1.29 is 35.4 Å². The maximum Gasteiger partial charge on any atom is 0.132 e. The molecule has 1 saturated carbocycles. The summed E-state index contributed by atoms with van der Waals surface area (Å²) < 4.78 is 0. The molecule has 120 valence electrons. The maximum absolute atomic E-state index is 10.2. The van der Waals surface area contributed by atoms with E-state index in [1.54, 1.807) is 0 Å². The standard InChI is InChI=1S/C5H10O.C5H10.2CHO.CH4.2CH3.W/c1-3-5(6)4-2;1-2-4-5-3-1;2*1-2;;;;/h3-4H2,1-2H3;1-5H2;2*1H;1H4;2*1H3;/q;;2*-1;;2*-1;. The Morgan fingerprint density at radius 3 is 1.00 bits per heavy atom. The van der Waals surface area contributed by atoms with E-state index < -0.39 is 0 Å². The summed E-state index contributed by atoms with van der Waals surface area (Å²) in [5, 5.41) is 0. The quantitative estimate of drug-likeness (QED) is 0.471. The monoisotopic (exact) mass is 444 g/mol. The number of carbonyl (C=O) groups excluding carboxylic acids is 3. The van der Waals surface area contributed by atoms with Gasteiger partial charge in [0.25, 0.3) is 0 Å². The largest absolute Gasteiger partial charge is 0.545 e. The second-order valence-corrected chi connectivity index (χ2v) is 3.01. The van der Waals surface area contributed by atoms with Crippen LogP contribution in [0.25, 0.3) is 0 Å². The number of rotatable bonds is 2. The number of carbonyl (C=O) groups is 1. The van der Waals surface area contributed by atoms with Crippen molar-refractivity contribution in [1.29, 1.82) is 0 Å². The van der Waals surface area contributed by atoms with Crippen LogP contribution in [-0.2, 0) is 35.4 Å². The van der Waals surface area contributed by atoms with E-state index in [0.29, 0.717) is 18.6 Å². The zero-order valence-corrected chi connectivity index (χ0v) is 15.2. The second-order valence-electron chi connectivity index (χ2n) is 3.01. The molecule has 0 aliphatic heterocycles. The first-order valence-electron chi connectivity index (χ1n) is 5.30. The van der Waals surface area contributed by atoms with Crippen molar-refractivity contribution in [2.75, 3.05) is 0 Å². The van der Waals surface area contributed by atoms with Crippen LogP contribution in [0.1, 0.15) is 66.2 Å². The first-order chi connectivity index (χ1) is 7.31. The molecule has 0 radical (unpaired) electrons. The van der Waals surface area contributed by atoms with Crippen molar-refractivity contribution >= 4 is 19.4 Å². The SMILES string of the molecule is C.C1CCCC1.CCC(=O)CC.[CH-]=O.[CH-]=O.[CH3-].[CH3-].[W]. The predicted molar refractivity (Wildman–Crippen MR) is 81.7 cm³/mol. The molecule has 19 heavy (non-hydrogen) atoms. The average molecular weight is 444 g/mol. The topological polar surface area (TPSA) is 51.2 Å². The molecule has 0 N–H and O–H groups in total. The van der Waals surface area contributed by atoms with E-state index in [-0.39, 0.29) is 43.3 Å². The number of hydrogen-bond donors (Lipinski definition) is 0. The summed E-state index contributed by atoms with van der Waals surface area (Å²) in [4.78, 5) is 25.7. The summed E-state index contributed by atoms with van der Waals surface area (Å²) in [6, 6.07) is 0. The van der Waals surface area contributed by atoms with Gasteiger partial charge in [0.15, 0.2) is 0 Å². The molecule has 1 aliphatic rings. The molecule has 0 aromatic heterocycles. The third-order valence-electron chi connectivity index (χ3n) is 2.04. The first-order valence-corrected chi connectivity index (χ1v) is 5.30. The molecule has 0 bridgehead atoms. The van der Waals surface area contributed by atoms with E-state index in [4.69, 9.17) is 9.59 Å². The van der Waals surface area contributed by atoms with Crippen molar-refractivity contribution in [3.8, 4) is 0 Å². The van der Waals surface area contributed by atoms with Crippen molar-refractivity contribution in [3.63, 3.8) is 0 Å². The predicted octanol–water partition coefficient (Wildman–Crippen LogP) is 4.31. The summed E-state index contributed by atoms with van der Waals surface area (Å²) in [6.45, 7) is 10.3. The van der Waals surface area contributed by atoms with Gasteiger partial charge in [0, 0.05) is 33.9 Å². The Bertz CT molecular complexity index is 111. The summed E-state index contributed by atoms with van der Waals surface area (Å²) in [5.41, 5.74) is 0. The van der Waals surface area contributed by atoms with Gasteiger partial charge in [-0.1, -0.05) is 53.4 Å². The Hall–Kier alpha value is -0.302.